The van der Waals surface area contributed by atoms with Crippen LogP contribution in [-0.2, 0) is 9.53 Å². The van der Waals surface area contributed by atoms with E-state index < -0.39 is 5.97 Å². The fraction of sp³-hybridized carbons (Fsp3) is 0.182. The van der Waals surface area contributed by atoms with Crippen molar-refractivity contribution in [3.63, 3.8) is 0 Å². The highest BCUT2D eigenvalue weighted by molar-refractivity contribution is 7.99. The van der Waals surface area contributed by atoms with Crippen molar-refractivity contribution in [2.75, 3.05) is 19.5 Å². The van der Waals surface area contributed by atoms with Crippen LogP contribution in [0.3, 0.4) is 0 Å². The largest absolute Gasteiger partial charge is 0.497 e. The van der Waals surface area contributed by atoms with Gasteiger partial charge in [-0.25, -0.2) is 9.18 Å². The molecular formula is C22H19FN4O3S. The number of halogens is 1. The first-order valence-electron chi connectivity index (χ1n) is 9.54. The Balaban J connectivity index is 1.76. The van der Waals surface area contributed by atoms with Crippen molar-refractivity contribution >= 4 is 29.5 Å². The van der Waals surface area contributed by atoms with Gasteiger partial charge in [-0.15, -0.1) is 10.2 Å². The molecule has 1 aliphatic heterocycles. The van der Waals surface area contributed by atoms with Crippen molar-refractivity contribution in [3.05, 3.63) is 65.5 Å². The van der Waals surface area contributed by atoms with Gasteiger partial charge in [-0.2, -0.15) is 9.78 Å². The number of thioether (sulfide) groups is 1. The second-order valence-electron chi connectivity index (χ2n) is 6.52. The molecular weight excluding hydrogens is 419 g/mol. The highest BCUT2D eigenvalue weighted by atomic mass is 32.2. The van der Waals surface area contributed by atoms with Gasteiger partial charge in [-0.05, 0) is 55.0 Å². The molecule has 2 heterocycles. The molecule has 0 amide bonds. The quantitative estimate of drug-likeness (QED) is 0.427. The Kier molecular flexibility index (Phi) is 6.13. The molecule has 7 nitrogen and oxygen atoms in total. The van der Waals surface area contributed by atoms with Crippen LogP contribution in [-0.4, -0.2) is 46.0 Å². The van der Waals surface area contributed by atoms with E-state index in [4.69, 9.17) is 9.47 Å². The van der Waals surface area contributed by atoms with E-state index >= 15 is 0 Å². The van der Waals surface area contributed by atoms with Crippen LogP contribution in [0.5, 0.6) is 5.75 Å². The number of rotatable bonds is 6. The second-order valence-corrected chi connectivity index (χ2v) is 7.46. The summed E-state index contributed by atoms with van der Waals surface area (Å²) in [7, 11) is 1.60. The van der Waals surface area contributed by atoms with E-state index in [1.54, 1.807) is 36.9 Å². The van der Waals surface area contributed by atoms with Crippen LogP contribution in [0.15, 0.2) is 64.4 Å². The maximum Gasteiger partial charge on any atom is 0.340 e. The number of hydrogen-bond donors (Lipinski definition) is 0. The molecule has 0 N–H and O–H groups in total. The number of aromatic nitrogens is 3. The van der Waals surface area contributed by atoms with E-state index in [1.807, 2.05) is 24.3 Å². The molecule has 3 aromatic rings. The zero-order valence-corrected chi connectivity index (χ0v) is 17.7. The maximum absolute atomic E-state index is 13.6. The summed E-state index contributed by atoms with van der Waals surface area (Å²) in [6.07, 6.45) is 1.59. The lowest BCUT2D eigenvalue weighted by Crippen LogP contribution is -2.21. The van der Waals surface area contributed by atoms with Crippen LogP contribution in [0.1, 0.15) is 12.5 Å². The molecule has 4 rings (SSSR count). The zero-order valence-electron chi connectivity index (χ0n) is 16.9. The molecule has 1 aliphatic rings. The van der Waals surface area contributed by atoms with Gasteiger partial charge in [0.15, 0.2) is 5.82 Å². The summed E-state index contributed by atoms with van der Waals surface area (Å²) >= 11 is 1.41. The maximum atomic E-state index is 13.6. The molecule has 0 atom stereocenters. The first-order chi connectivity index (χ1) is 15.1. The molecule has 31 heavy (non-hydrogen) atoms. The van der Waals surface area contributed by atoms with Gasteiger partial charge in [0.1, 0.15) is 11.6 Å². The fourth-order valence-corrected chi connectivity index (χ4v) is 3.84. The number of nitrogens with zero attached hydrogens (tertiary/aromatic N) is 4. The van der Waals surface area contributed by atoms with Gasteiger partial charge in [-0.1, -0.05) is 23.9 Å². The summed E-state index contributed by atoms with van der Waals surface area (Å²) < 4.78 is 25.7. The Morgan fingerprint density at radius 2 is 2.03 bits per heavy atom. The molecule has 0 bridgehead atoms. The minimum absolute atomic E-state index is 0.217. The van der Waals surface area contributed by atoms with Gasteiger partial charge in [0.25, 0.3) is 0 Å². The first-order valence-corrected chi connectivity index (χ1v) is 10.5. The number of methoxy groups -OCH3 is 1. The molecule has 0 aliphatic carbocycles. The average molecular weight is 438 g/mol. The Bertz CT molecular complexity index is 1170. The van der Waals surface area contributed by atoms with Crippen LogP contribution < -0.4 is 4.74 Å². The highest BCUT2D eigenvalue weighted by Gasteiger charge is 2.25. The molecule has 0 fully saturated rings. The van der Waals surface area contributed by atoms with Gasteiger partial charge in [-0.3, -0.25) is 0 Å². The molecule has 0 saturated carbocycles. The van der Waals surface area contributed by atoms with Crippen molar-refractivity contribution in [1.82, 2.24) is 14.9 Å². The van der Waals surface area contributed by atoms with Crippen molar-refractivity contribution in [3.8, 4) is 17.1 Å². The molecule has 9 heteroatoms. The summed E-state index contributed by atoms with van der Waals surface area (Å²) in [6, 6.07) is 13.4. The zero-order chi connectivity index (χ0) is 21.8. The SMILES string of the molecule is CCOC(=O)C(=Cc1cccc(F)c1)C1=Nn2c(nnc2-c2ccc(OC)cc2)SC1. The lowest BCUT2D eigenvalue weighted by molar-refractivity contribution is -0.137. The van der Waals surface area contributed by atoms with E-state index in [9.17, 15) is 9.18 Å². The van der Waals surface area contributed by atoms with Gasteiger partial charge < -0.3 is 9.47 Å². The van der Waals surface area contributed by atoms with Crippen molar-refractivity contribution in [1.29, 1.82) is 0 Å². The van der Waals surface area contributed by atoms with Crippen LogP contribution in [0, 0.1) is 5.82 Å². The minimum atomic E-state index is -0.520. The summed E-state index contributed by atoms with van der Waals surface area (Å²) in [4.78, 5) is 12.7. The van der Waals surface area contributed by atoms with E-state index in [0.717, 1.165) is 11.3 Å². The number of benzene rings is 2. The van der Waals surface area contributed by atoms with Crippen molar-refractivity contribution in [2.45, 2.75) is 12.1 Å². The lowest BCUT2D eigenvalue weighted by atomic mass is 10.1. The Labute approximate surface area is 182 Å². The molecule has 0 saturated heterocycles. The minimum Gasteiger partial charge on any atom is -0.497 e. The summed E-state index contributed by atoms with van der Waals surface area (Å²) in [6.45, 7) is 1.95. The van der Waals surface area contributed by atoms with Crippen LogP contribution in [0.4, 0.5) is 4.39 Å². The van der Waals surface area contributed by atoms with Gasteiger partial charge >= 0.3 is 5.97 Å². The Morgan fingerprint density at radius 3 is 2.74 bits per heavy atom. The monoisotopic (exact) mass is 438 g/mol. The number of fused-ring (bicyclic) bond motifs is 1. The third-order valence-electron chi connectivity index (χ3n) is 4.48. The number of carbonyl (C=O) groups excluding carboxylic acids is 1. The standard InChI is InChI=1S/C22H19FN4O3S/c1-3-30-21(28)18(12-14-5-4-6-16(23)11-14)19-13-31-22-25-24-20(27(22)26-19)15-7-9-17(29-2)10-8-15/h4-12H,3,13H2,1-2H3. The van der Waals surface area contributed by atoms with E-state index in [2.05, 4.69) is 15.3 Å². The normalized spacial score (nSPS) is 13.4. The van der Waals surface area contributed by atoms with E-state index in [1.165, 1.54) is 23.9 Å². The summed E-state index contributed by atoms with van der Waals surface area (Å²) in [5.41, 5.74) is 2.10. The van der Waals surface area contributed by atoms with Gasteiger partial charge in [0.05, 0.1) is 25.0 Å². The van der Waals surface area contributed by atoms with Crippen LogP contribution >= 0.6 is 11.8 Å². The van der Waals surface area contributed by atoms with Crippen molar-refractivity contribution < 1.29 is 18.7 Å². The lowest BCUT2D eigenvalue weighted by Gasteiger charge is -2.16. The average Bonchev–Trinajstić information content (AvgIpc) is 3.21. The summed E-state index contributed by atoms with van der Waals surface area (Å²) in [5.74, 6) is 0.758. The number of esters is 1. The molecule has 0 unspecified atom stereocenters. The topological polar surface area (TPSA) is 78.6 Å². The first kappa shape index (κ1) is 20.8. The second kappa shape index (κ2) is 9.13. The third kappa shape index (κ3) is 4.51. The molecule has 158 valence electrons. The fourth-order valence-electron chi connectivity index (χ4n) is 3.01. The third-order valence-corrected chi connectivity index (χ3v) is 5.42. The Morgan fingerprint density at radius 1 is 1.23 bits per heavy atom. The Hall–Kier alpha value is -3.46. The van der Waals surface area contributed by atoms with Gasteiger partial charge in [0, 0.05) is 11.3 Å². The van der Waals surface area contributed by atoms with Crippen LogP contribution in [0.2, 0.25) is 0 Å². The number of carbonyl (C=O) groups is 1. The van der Waals surface area contributed by atoms with E-state index in [-0.39, 0.29) is 18.0 Å². The predicted molar refractivity (Wildman–Crippen MR) is 117 cm³/mol. The molecule has 0 radical (unpaired) electrons. The highest BCUT2D eigenvalue weighted by Crippen LogP contribution is 2.30. The summed E-state index contributed by atoms with van der Waals surface area (Å²) in [5, 5.41) is 13.7. The van der Waals surface area contributed by atoms with Crippen LogP contribution in [0.25, 0.3) is 17.5 Å². The van der Waals surface area contributed by atoms with E-state index in [0.29, 0.717) is 28.0 Å². The molecule has 1 aromatic heterocycles. The van der Waals surface area contributed by atoms with Crippen molar-refractivity contribution in [2.24, 2.45) is 5.10 Å². The molecule has 2 aromatic carbocycles. The molecule has 0 spiro atoms. The number of hydrogen-bond acceptors (Lipinski definition) is 7. The predicted octanol–water partition coefficient (Wildman–Crippen LogP) is 4.05. The van der Waals surface area contributed by atoms with Gasteiger partial charge in [0.2, 0.25) is 5.16 Å². The number of ether oxygens (including phenoxy) is 2. The smallest absolute Gasteiger partial charge is 0.340 e.